The maximum atomic E-state index is 13.8. The average Bonchev–Trinajstić information content (AvgIpc) is 3.05. The van der Waals surface area contributed by atoms with Gasteiger partial charge in [-0.1, -0.05) is 11.8 Å². The molecule has 2 aromatic heterocycles. The molecule has 3 heterocycles. The van der Waals surface area contributed by atoms with Crippen molar-refractivity contribution in [1.82, 2.24) is 9.55 Å². The van der Waals surface area contributed by atoms with E-state index in [1.165, 1.54) is 39.8 Å². The first kappa shape index (κ1) is 15.6. The zero-order valence-electron chi connectivity index (χ0n) is 12.7. The van der Waals surface area contributed by atoms with Crippen molar-refractivity contribution in [2.75, 3.05) is 6.79 Å². The van der Waals surface area contributed by atoms with Crippen molar-refractivity contribution in [3.8, 4) is 5.75 Å². The van der Waals surface area contributed by atoms with Crippen LogP contribution in [0.25, 0.3) is 10.2 Å². The van der Waals surface area contributed by atoms with Gasteiger partial charge in [-0.05, 0) is 23.6 Å². The topological polar surface area (TPSA) is 53.4 Å². The molecular weight excluding hydrogens is 351 g/mol. The van der Waals surface area contributed by atoms with Crippen LogP contribution in [0.1, 0.15) is 11.1 Å². The van der Waals surface area contributed by atoms with Gasteiger partial charge in [0.05, 0.1) is 12.0 Å². The Morgan fingerprint density at radius 3 is 3.21 bits per heavy atom. The first-order valence-corrected chi connectivity index (χ1v) is 9.09. The fourth-order valence-corrected chi connectivity index (χ4v) is 4.36. The largest absolute Gasteiger partial charge is 0.467 e. The SMILES string of the molecule is Cn1c(SCc2cc(F)cc3c2OCOC3)nc2sccc2c1=O. The Labute approximate surface area is 145 Å². The van der Waals surface area contributed by atoms with Crippen LogP contribution in [0.4, 0.5) is 4.39 Å². The summed E-state index contributed by atoms with van der Waals surface area (Å²) < 4.78 is 26.0. The number of halogens is 1. The summed E-state index contributed by atoms with van der Waals surface area (Å²) in [6.45, 7) is 0.497. The summed E-state index contributed by atoms with van der Waals surface area (Å²) in [4.78, 5) is 17.6. The molecule has 5 nitrogen and oxygen atoms in total. The fraction of sp³-hybridized carbons (Fsp3) is 0.250. The van der Waals surface area contributed by atoms with Crippen LogP contribution in [0.3, 0.4) is 0 Å². The van der Waals surface area contributed by atoms with Crippen molar-refractivity contribution in [2.24, 2.45) is 7.05 Å². The van der Waals surface area contributed by atoms with Gasteiger partial charge in [0, 0.05) is 23.9 Å². The van der Waals surface area contributed by atoms with Gasteiger partial charge in [-0.15, -0.1) is 11.3 Å². The minimum atomic E-state index is -0.325. The second-order valence-corrected chi connectivity index (χ2v) is 7.19. The van der Waals surface area contributed by atoms with E-state index in [0.717, 1.165) is 5.56 Å². The Morgan fingerprint density at radius 1 is 1.46 bits per heavy atom. The van der Waals surface area contributed by atoms with E-state index in [1.54, 1.807) is 13.1 Å². The third kappa shape index (κ3) is 2.70. The number of thioether (sulfide) groups is 1. The van der Waals surface area contributed by atoms with Gasteiger partial charge >= 0.3 is 0 Å². The van der Waals surface area contributed by atoms with Crippen LogP contribution in [0, 0.1) is 5.82 Å². The van der Waals surface area contributed by atoms with Gasteiger partial charge in [0.1, 0.15) is 16.4 Å². The Bertz CT molecular complexity index is 983. The van der Waals surface area contributed by atoms with E-state index >= 15 is 0 Å². The summed E-state index contributed by atoms with van der Waals surface area (Å²) in [6, 6.07) is 4.66. The highest BCUT2D eigenvalue weighted by Crippen LogP contribution is 2.33. The lowest BCUT2D eigenvalue weighted by Crippen LogP contribution is -2.19. The van der Waals surface area contributed by atoms with E-state index in [-0.39, 0.29) is 18.2 Å². The zero-order valence-corrected chi connectivity index (χ0v) is 14.4. The average molecular weight is 364 g/mol. The Kier molecular flexibility index (Phi) is 4.03. The number of benzene rings is 1. The molecule has 124 valence electrons. The lowest BCUT2D eigenvalue weighted by Gasteiger charge is -2.20. The molecule has 0 unspecified atom stereocenters. The highest BCUT2D eigenvalue weighted by Gasteiger charge is 2.18. The van der Waals surface area contributed by atoms with E-state index in [2.05, 4.69) is 4.98 Å². The maximum absolute atomic E-state index is 13.8. The molecule has 0 spiro atoms. The minimum Gasteiger partial charge on any atom is -0.467 e. The smallest absolute Gasteiger partial charge is 0.262 e. The van der Waals surface area contributed by atoms with Gasteiger partial charge in [-0.2, -0.15) is 0 Å². The predicted octanol–water partition coefficient (Wildman–Crippen LogP) is 3.29. The van der Waals surface area contributed by atoms with Gasteiger partial charge in [-0.3, -0.25) is 9.36 Å². The Morgan fingerprint density at radius 2 is 2.33 bits per heavy atom. The standard InChI is InChI=1S/C16H13FN2O3S2/c1-19-15(20)12-2-3-23-14(12)18-16(19)24-7-10-5-11(17)4-9-6-21-8-22-13(9)10/h2-5H,6-8H2,1H3. The maximum Gasteiger partial charge on any atom is 0.262 e. The first-order chi connectivity index (χ1) is 11.6. The molecule has 0 bridgehead atoms. The van der Waals surface area contributed by atoms with Crippen LogP contribution in [0.5, 0.6) is 5.75 Å². The van der Waals surface area contributed by atoms with Crippen LogP contribution >= 0.6 is 23.1 Å². The highest BCUT2D eigenvalue weighted by molar-refractivity contribution is 7.98. The molecule has 3 aromatic rings. The summed E-state index contributed by atoms with van der Waals surface area (Å²) in [5.74, 6) is 0.795. The zero-order chi connectivity index (χ0) is 16.7. The molecule has 0 saturated carbocycles. The van der Waals surface area contributed by atoms with Crippen LogP contribution in [0.15, 0.2) is 33.5 Å². The molecule has 0 amide bonds. The van der Waals surface area contributed by atoms with E-state index in [9.17, 15) is 9.18 Å². The van der Waals surface area contributed by atoms with Crippen molar-refractivity contribution in [2.45, 2.75) is 17.5 Å². The number of rotatable bonds is 3. The second kappa shape index (κ2) is 6.19. The quantitative estimate of drug-likeness (QED) is 0.527. The third-order valence-corrected chi connectivity index (χ3v) is 5.66. The minimum absolute atomic E-state index is 0.0744. The van der Waals surface area contributed by atoms with Gasteiger partial charge in [0.2, 0.25) is 0 Å². The van der Waals surface area contributed by atoms with Crippen LogP contribution < -0.4 is 10.3 Å². The van der Waals surface area contributed by atoms with Crippen LogP contribution in [0.2, 0.25) is 0 Å². The Hall–Kier alpha value is -1.90. The lowest BCUT2D eigenvalue weighted by molar-refractivity contribution is -0.0171. The molecule has 0 saturated heterocycles. The monoisotopic (exact) mass is 364 g/mol. The molecule has 0 aliphatic carbocycles. The van der Waals surface area contributed by atoms with E-state index in [1.807, 2.05) is 5.38 Å². The second-order valence-electron chi connectivity index (χ2n) is 5.35. The normalized spacial score (nSPS) is 13.8. The van der Waals surface area contributed by atoms with Crippen molar-refractivity contribution >= 4 is 33.3 Å². The molecule has 4 rings (SSSR count). The van der Waals surface area contributed by atoms with Gasteiger partial charge in [0.25, 0.3) is 5.56 Å². The summed E-state index contributed by atoms with van der Waals surface area (Å²) >= 11 is 2.82. The molecule has 0 radical (unpaired) electrons. The summed E-state index contributed by atoms with van der Waals surface area (Å²) in [5, 5.41) is 3.07. The highest BCUT2D eigenvalue weighted by atomic mass is 32.2. The van der Waals surface area contributed by atoms with Crippen LogP contribution in [-0.2, 0) is 24.1 Å². The molecule has 0 fully saturated rings. The van der Waals surface area contributed by atoms with Gasteiger partial charge in [-0.25, -0.2) is 9.37 Å². The number of ether oxygens (including phenoxy) is 2. The molecule has 1 aliphatic heterocycles. The number of fused-ring (bicyclic) bond motifs is 2. The van der Waals surface area contributed by atoms with Crippen molar-refractivity contribution in [3.63, 3.8) is 0 Å². The van der Waals surface area contributed by atoms with Crippen molar-refractivity contribution in [1.29, 1.82) is 0 Å². The molecule has 0 atom stereocenters. The number of hydrogen-bond acceptors (Lipinski definition) is 6. The molecule has 1 aliphatic rings. The number of hydrogen-bond donors (Lipinski definition) is 0. The molecule has 8 heteroatoms. The number of nitrogens with zero attached hydrogens (tertiary/aromatic N) is 2. The summed E-state index contributed by atoms with van der Waals surface area (Å²) in [6.07, 6.45) is 0. The Balaban J connectivity index is 1.67. The first-order valence-electron chi connectivity index (χ1n) is 7.22. The van der Waals surface area contributed by atoms with Crippen LogP contribution in [-0.4, -0.2) is 16.3 Å². The molecular formula is C16H13FN2O3S2. The molecule has 0 N–H and O–H groups in total. The predicted molar refractivity (Wildman–Crippen MR) is 91.1 cm³/mol. The lowest BCUT2D eigenvalue weighted by atomic mass is 10.1. The molecule has 1 aromatic carbocycles. The van der Waals surface area contributed by atoms with Gasteiger partial charge in [0.15, 0.2) is 11.9 Å². The van der Waals surface area contributed by atoms with Crippen molar-refractivity contribution in [3.05, 3.63) is 50.9 Å². The number of thiophene rings is 1. The van der Waals surface area contributed by atoms with Crippen molar-refractivity contribution < 1.29 is 13.9 Å². The van der Waals surface area contributed by atoms with E-state index < -0.39 is 0 Å². The van der Waals surface area contributed by atoms with Gasteiger partial charge < -0.3 is 9.47 Å². The summed E-state index contributed by atoms with van der Waals surface area (Å²) in [5.41, 5.74) is 1.36. The molecule has 24 heavy (non-hydrogen) atoms. The van der Waals surface area contributed by atoms with E-state index in [0.29, 0.717) is 39.0 Å². The van der Waals surface area contributed by atoms with E-state index in [4.69, 9.17) is 9.47 Å². The summed E-state index contributed by atoms with van der Waals surface area (Å²) in [7, 11) is 1.69. The number of aromatic nitrogens is 2. The fourth-order valence-electron chi connectivity index (χ4n) is 2.62. The third-order valence-electron chi connectivity index (χ3n) is 3.77.